The number of ether oxygens (including phenoxy) is 1. The molecule has 1 fully saturated rings. The number of likely N-dealkylation sites (tertiary alicyclic amines) is 1. The highest BCUT2D eigenvalue weighted by Gasteiger charge is 2.48. The number of alkyl halides is 3. The first-order chi connectivity index (χ1) is 15.3. The molecule has 180 valence electrons. The second-order valence-electron chi connectivity index (χ2n) is 7.60. The van der Waals surface area contributed by atoms with Crippen molar-refractivity contribution in [3.8, 4) is 0 Å². The van der Waals surface area contributed by atoms with E-state index in [1.165, 1.54) is 42.1 Å². The lowest BCUT2D eigenvalue weighted by Crippen LogP contribution is -2.46. The molecule has 13 heteroatoms. The molecule has 0 saturated carbocycles. The summed E-state index contributed by atoms with van der Waals surface area (Å²) < 4.78 is 71.2. The van der Waals surface area contributed by atoms with Crippen LogP contribution in [-0.4, -0.2) is 57.7 Å². The van der Waals surface area contributed by atoms with Crippen LogP contribution in [0.5, 0.6) is 0 Å². The number of benzene rings is 1. The third kappa shape index (κ3) is 5.20. The Balaban J connectivity index is 2.08. The van der Waals surface area contributed by atoms with Gasteiger partial charge < -0.3 is 15.4 Å². The number of nitrogen functional groups attached to an aromatic ring is 1. The predicted octanol–water partition coefficient (Wildman–Crippen LogP) is 3.61. The molecule has 1 aromatic heterocycles. The minimum absolute atomic E-state index is 0.0351. The summed E-state index contributed by atoms with van der Waals surface area (Å²) in [7, 11) is -2.29. The first kappa shape index (κ1) is 25.5. The number of halogens is 3. The second-order valence-corrected chi connectivity index (χ2v) is 11.6. The van der Waals surface area contributed by atoms with Gasteiger partial charge in [-0.25, -0.2) is 13.2 Å². The molecule has 33 heavy (non-hydrogen) atoms. The monoisotopic (exact) mass is 521 g/mol. The summed E-state index contributed by atoms with van der Waals surface area (Å²) in [5.41, 5.74) is 4.09. The van der Waals surface area contributed by atoms with Gasteiger partial charge in [-0.3, -0.25) is 5.41 Å². The number of esters is 1. The molecule has 2 heterocycles. The van der Waals surface area contributed by atoms with E-state index < -0.39 is 27.6 Å². The third-order valence-electron chi connectivity index (χ3n) is 5.39. The van der Waals surface area contributed by atoms with Crippen LogP contribution in [0.25, 0.3) is 0 Å². The highest BCUT2D eigenvalue weighted by Crippen LogP contribution is 2.41. The van der Waals surface area contributed by atoms with E-state index in [1.807, 2.05) is 4.90 Å². The Labute approximate surface area is 197 Å². The molecule has 0 bridgehead atoms. The Kier molecular flexibility index (Phi) is 7.18. The molecule has 0 amide bonds. The fraction of sp³-hybridized carbons (Fsp3) is 0.400. The zero-order chi connectivity index (χ0) is 24.6. The molecule has 0 radical (unpaired) electrons. The lowest BCUT2D eigenvalue weighted by molar-refractivity contribution is -0.219. The number of sulfone groups is 1. The molecule has 1 saturated heterocycles. The Hall–Kier alpha value is -2.09. The van der Waals surface area contributed by atoms with Crippen LogP contribution in [0.1, 0.15) is 23.3 Å². The largest absolute Gasteiger partial charge is 0.490 e. The number of thioether (sulfide) groups is 1. The van der Waals surface area contributed by atoms with Crippen LogP contribution >= 0.6 is 23.1 Å². The first-order valence-corrected chi connectivity index (χ1v) is 13.2. The normalized spacial score (nSPS) is 17.0. The van der Waals surface area contributed by atoms with Crippen molar-refractivity contribution >= 4 is 44.7 Å². The Bertz CT molecular complexity index is 1170. The molecule has 0 aliphatic carbocycles. The zero-order valence-electron chi connectivity index (χ0n) is 17.7. The van der Waals surface area contributed by atoms with Gasteiger partial charge in [0.2, 0.25) is 9.84 Å². The summed E-state index contributed by atoms with van der Waals surface area (Å²) in [5, 5.41) is 7.59. The van der Waals surface area contributed by atoms with Crippen molar-refractivity contribution < 1.29 is 31.1 Å². The van der Waals surface area contributed by atoms with E-state index in [0.29, 0.717) is 22.2 Å². The van der Waals surface area contributed by atoms with Crippen LogP contribution in [-0.2, 0) is 25.0 Å². The summed E-state index contributed by atoms with van der Waals surface area (Å²) in [6, 6.07) is 6.80. The van der Waals surface area contributed by atoms with Crippen LogP contribution in [0, 0.1) is 5.41 Å². The Morgan fingerprint density at radius 3 is 2.45 bits per heavy atom. The van der Waals surface area contributed by atoms with Crippen molar-refractivity contribution in [1.82, 2.24) is 4.90 Å². The SMILES string of the molecule is CSc1sc(C(=N)N)cc1S(=O)(=O)c1cccc(C2(OC(=O)C(F)(F)F)CCN(C)CC2)c1. The second kappa shape index (κ2) is 9.28. The molecule has 0 unspecified atom stereocenters. The molecule has 7 nitrogen and oxygen atoms in total. The van der Waals surface area contributed by atoms with E-state index in [9.17, 15) is 26.4 Å². The Morgan fingerprint density at radius 1 is 1.27 bits per heavy atom. The number of piperidine rings is 1. The van der Waals surface area contributed by atoms with Gasteiger partial charge in [-0.15, -0.1) is 23.1 Å². The summed E-state index contributed by atoms with van der Waals surface area (Å²) in [6.45, 7) is 0.733. The number of amidine groups is 1. The first-order valence-electron chi connectivity index (χ1n) is 9.67. The highest BCUT2D eigenvalue weighted by molar-refractivity contribution is 8.01. The van der Waals surface area contributed by atoms with E-state index in [4.69, 9.17) is 15.9 Å². The fourth-order valence-electron chi connectivity index (χ4n) is 3.56. The smallest absolute Gasteiger partial charge is 0.447 e. The van der Waals surface area contributed by atoms with E-state index in [1.54, 1.807) is 13.3 Å². The topological polar surface area (TPSA) is 114 Å². The number of carbonyl (C=O) groups excluding carboxylic acids is 1. The molecular formula is C20H22F3N3O4S3. The van der Waals surface area contributed by atoms with Gasteiger partial charge in [0.05, 0.1) is 18.9 Å². The average Bonchev–Trinajstić information content (AvgIpc) is 3.21. The summed E-state index contributed by atoms with van der Waals surface area (Å²) in [4.78, 5) is 13.7. The summed E-state index contributed by atoms with van der Waals surface area (Å²) in [6.07, 6.45) is -3.32. The average molecular weight is 522 g/mol. The van der Waals surface area contributed by atoms with Crippen LogP contribution in [0.4, 0.5) is 13.2 Å². The number of thiophene rings is 1. The van der Waals surface area contributed by atoms with Gasteiger partial charge in [-0.05, 0) is 37.1 Å². The van der Waals surface area contributed by atoms with Crippen LogP contribution in [0.3, 0.4) is 0 Å². The molecule has 2 aromatic rings. The number of nitrogens with one attached hydrogen (secondary N) is 1. The lowest BCUT2D eigenvalue weighted by atomic mass is 9.84. The molecule has 1 aliphatic heterocycles. The summed E-state index contributed by atoms with van der Waals surface area (Å²) in [5.74, 6) is -2.58. The molecule has 1 aliphatic rings. The minimum atomic E-state index is -5.17. The molecule has 3 rings (SSSR count). The molecule has 1 aromatic carbocycles. The van der Waals surface area contributed by atoms with E-state index in [0.717, 1.165) is 11.3 Å². The van der Waals surface area contributed by atoms with Crippen molar-refractivity contribution in [3.05, 3.63) is 40.8 Å². The number of rotatable bonds is 6. The number of nitrogens with two attached hydrogens (primary N) is 1. The van der Waals surface area contributed by atoms with Gasteiger partial charge in [0.15, 0.2) is 0 Å². The van der Waals surface area contributed by atoms with E-state index >= 15 is 0 Å². The van der Waals surface area contributed by atoms with Crippen LogP contribution in [0.2, 0.25) is 0 Å². The Morgan fingerprint density at radius 2 is 1.91 bits per heavy atom. The van der Waals surface area contributed by atoms with Crippen molar-refractivity contribution in [2.24, 2.45) is 5.73 Å². The molecule has 0 atom stereocenters. The molecule has 0 spiro atoms. The van der Waals surface area contributed by atoms with Crippen molar-refractivity contribution in [2.75, 3.05) is 26.4 Å². The van der Waals surface area contributed by atoms with Gasteiger partial charge in [-0.2, -0.15) is 13.2 Å². The third-order valence-corrected chi connectivity index (χ3v) is 9.73. The molecular weight excluding hydrogens is 499 g/mol. The van der Waals surface area contributed by atoms with Gasteiger partial charge in [-0.1, -0.05) is 12.1 Å². The number of hydrogen-bond donors (Lipinski definition) is 2. The van der Waals surface area contributed by atoms with E-state index in [2.05, 4.69) is 0 Å². The van der Waals surface area contributed by atoms with E-state index in [-0.39, 0.29) is 34.0 Å². The lowest BCUT2D eigenvalue weighted by Gasteiger charge is -2.40. The van der Waals surface area contributed by atoms with Crippen molar-refractivity contribution in [2.45, 2.75) is 38.6 Å². The maximum absolute atomic E-state index is 13.4. The number of carbonyl (C=O) groups is 1. The van der Waals surface area contributed by atoms with Crippen molar-refractivity contribution in [1.29, 1.82) is 5.41 Å². The quantitative estimate of drug-likeness (QED) is 0.258. The predicted molar refractivity (Wildman–Crippen MR) is 120 cm³/mol. The van der Waals surface area contributed by atoms with Gasteiger partial charge in [0, 0.05) is 25.9 Å². The zero-order valence-corrected chi connectivity index (χ0v) is 20.2. The minimum Gasteiger partial charge on any atom is -0.447 e. The van der Waals surface area contributed by atoms with Gasteiger partial charge in [0.1, 0.15) is 11.4 Å². The van der Waals surface area contributed by atoms with Crippen LogP contribution < -0.4 is 5.73 Å². The van der Waals surface area contributed by atoms with Crippen LogP contribution in [0.15, 0.2) is 44.3 Å². The maximum atomic E-state index is 13.4. The van der Waals surface area contributed by atoms with Gasteiger partial charge >= 0.3 is 12.1 Å². The van der Waals surface area contributed by atoms with Crippen molar-refractivity contribution in [3.63, 3.8) is 0 Å². The fourth-order valence-corrected chi connectivity index (χ4v) is 7.46. The molecule has 3 N–H and O–H groups in total. The highest BCUT2D eigenvalue weighted by atomic mass is 32.2. The number of hydrogen-bond acceptors (Lipinski definition) is 8. The summed E-state index contributed by atoms with van der Waals surface area (Å²) >= 11 is 2.25. The maximum Gasteiger partial charge on any atom is 0.490 e. The standard InChI is InChI=1S/C20H22F3N3O4S3/c1-26-8-6-19(7-9-26,30-18(27)20(21,22)23)12-4-3-5-13(10-12)33(28,29)15-11-14(16(24)25)32-17(15)31-2/h3-5,10-11H,6-9H2,1-2H3,(H3,24,25). The number of nitrogens with zero attached hydrogens (tertiary/aromatic N) is 1. The van der Waals surface area contributed by atoms with Gasteiger partial charge in [0.25, 0.3) is 0 Å².